The van der Waals surface area contributed by atoms with Crippen LogP contribution in [0.15, 0.2) is 77.2 Å². The second-order valence-electron chi connectivity index (χ2n) is 8.39. The van der Waals surface area contributed by atoms with Crippen LogP contribution in [0.4, 0.5) is 5.69 Å². The van der Waals surface area contributed by atoms with Gasteiger partial charge >= 0.3 is 0 Å². The molecule has 2 N–H and O–H groups in total. The van der Waals surface area contributed by atoms with E-state index in [1.165, 1.54) is 5.56 Å². The Hall–Kier alpha value is -4.03. The molecule has 0 aliphatic carbocycles. The van der Waals surface area contributed by atoms with Crippen molar-refractivity contribution in [1.29, 1.82) is 0 Å². The number of aromatic nitrogens is 1. The average Bonchev–Trinajstić information content (AvgIpc) is 3.23. The highest BCUT2D eigenvalue weighted by molar-refractivity contribution is 7.80. The normalized spacial score (nSPS) is 11.0. The van der Waals surface area contributed by atoms with E-state index < -0.39 is 0 Å². The van der Waals surface area contributed by atoms with Crippen LogP contribution in [0.5, 0.6) is 0 Å². The number of amides is 1. The summed E-state index contributed by atoms with van der Waals surface area (Å²) in [4.78, 5) is 17.6. The van der Waals surface area contributed by atoms with Crippen LogP contribution in [0, 0.1) is 20.8 Å². The summed E-state index contributed by atoms with van der Waals surface area (Å²) in [6, 6.07) is 23.3. The topological polar surface area (TPSA) is 67.2 Å². The van der Waals surface area contributed by atoms with Crippen molar-refractivity contribution in [3.63, 3.8) is 0 Å². The fourth-order valence-electron chi connectivity index (χ4n) is 3.94. The zero-order chi connectivity index (χ0) is 23.8. The van der Waals surface area contributed by atoms with Gasteiger partial charge in [-0.2, -0.15) is 0 Å². The van der Waals surface area contributed by atoms with E-state index in [1.807, 2.05) is 73.7 Å². The van der Waals surface area contributed by atoms with Gasteiger partial charge in [0.1, 0.15) is 5.52 Å². The molecule has 0 aliphatic heterocycles. The first-order chi connectivity index (χ1) is 16.4. The van der Waals surface area contributed by atoms with Gasteiger partial charge in [0, 0.05) is 16.8 Å². The minimum absolute atomic E-state index is 0.224. The molecule has 0 aliphatic rings. The molecule has 5 aromatic rings. The first-order valence-corrected chi connectivity index (χ1v) is 11.4. The number of hydrogen-bond acceptors (Lipinski definition) is 4. The Bertz CT molecular complexity index is 1540. The Balaban J connectivity index is 1.38. The molecule has 6 heteroatoms. The van der Waals surface area contributed by atoms with Crippen LogP contribution in [0.2, 0.25) is 0 Å². The molecule has 4 aromatic carbocycles. The van der Waals surface area contributed by atoms with E-state index in [0.717, 1.165) is 44.2 Å². The van der Waals surface area contributed by atoms with Crippen molar-refractivity contribution in [2.45, 2.75) is 20.8 Å². The summed E-state index contributed by atoms with van der Waals surface area (Å²) >= 11 is 5.45. The lowest BCUT2D eigenvalue weighted by atomic mass is 10.0. The van der Waals surface area contributed by atoms with Crippen molar-refractivity contribution in [1.82, 2.24) is 10.3 Å². The molecule has 0 fully saturated rings. The van der Waals surface area contributed by atoms with Gasteiger partial charge in [-0.3, -0.25) is 10.1 Å². The summed E-state index contributed by atoms with van der Waals surface area (Å²) < 4.78 is 6.01. The highest BCUT2D eigenvalue weighted by Crippen LogP contribution is 2.29. The maximum absolute atomic E-state index is 12.9. The number of oxazole rings is 1. The number of hydrogen-bond donors (Lipinski definition) is 2. The molecular weight excluding hydrogens is 442 g/mol. The number of carbonyl (C=O) groups excluding carboxylic acids is 1. The van der Waals surface area contributed by atoms with Gasteiger partial charge in [-0.15, -0.1) is 0 Å². The summed E-state index contributed by atoms with van der Waals surface area (Å²) in [7, 11) is 0. The summed E-state index contributed by atoms with van der Waals surface area (Å²) in [6.45, 7) is 6.09. The summed E-state index contributed by atoms with van der Waals surface area (Å²) in [5.41, 5.74) is 7.06. The third kappa shape index (κ3) is 4.16. The fourth-order valence-corrected chi connectivity index (χ4v) is 4.14. The summed E-state index contributed by atoms with van der Waals surface area (Å²) in [5.74, 6) is 0.279. The van der Waals surface area contributed by atoms with Gasteiger partial charge in [0.2, 0.25) is 5.89 Å². The van der Waals surface area contributed by atoms with Crippen molar-refractivity contribution in [3.8, 4) is 11.5 Å². The molecular formula is C28H23N3O2S. The Kier molecular flexibility index (Phi) is 5.59. The fraction of sp³-hybridized carbons (Fsp3) is 0.107. The number of aryl methyl sites for hydroxylation is 3. The van der Waals surface area contributed by atoms with Crippen LogP contribution >= 0.6 is 12.2 Å². The number of nitrogens with zero attached hydrogens (tertiary/aromatic N) is 1. The molecule has 34 heavy (non-hydrogen) atoms. The predicted molar refractivity (Wildman–Crippen MR) is 141 cm³/mol. The lowest BCUT2D eigenvalue weighted by Gasteiger charge is -2.13. The number of benzene rings is 4. The largest absolute Gasteiger partial charge is 0.436 e. The lowest BCUT2D eigenvalue weighted by molar-refractivity contribution is 0.0979. The molecule has 168 valence electrons. The number of fused-ring (bicyclic) bond motifs is 2. The lowest BCUT2D eigenvalue weighted by Crippen LogP contribution is -2.34. The van der Waals surface area contributed by atoms with Crippen molar-refractivity contribution in [3.05, 3.63) is 95.1 Å². The second kappa shape index (κ2) is 8.72. The monoisotopic (exact) mass is 465 g/mol. The molecule has 1 amide bonds. The number of carbonyl (C=O) groups is 1. The second-order valence-corrected chi connectivity index (χ2v) is 8.80. The molecule has 0 atom stereocenters. The van der Waals surface area contributed by atoms with Crippen molar-refractivity contribution >= 4 is 50.8 Å². The molecule has 1 aromatic heterocycles. The van der Waals surface area contributed by atoms with E-state index >= 15 is 0 Å². The minimum Gasteiger partial charge on any atom is -0.436 e. The van der Waals surface area contributed by atoms with Crippen molar-refractivity contribution < 1.29 is 9.21 Å². The van der Waals surface area contributed by atoms with Gasteiger partial charge in [0.25, 0.3) is 5.91 Å². The van der Waals surface area contributed by atoms with Crippen LogP contribution < -0.4 is 10.6 Å². The zero-order valence-corrected chi connectivity index (χ0v) is 19.9. The standard InChI is InChI=1S/C28H23N3O2S/c1-16-11-12-20(27-29-24-13-17(2)18(3)14-25(24)33-27)15-23(16)30-28(34)31-26(32)22-10-6-8-19-7-4-5-9-21(19)22/h4-15H,1-3H3,(H2,30,31,32,34). The summed E-state index contributed by atoms with van der Waals surface area (Å²) in [6.07, 6.45) is 0. The minimum atomic E-state index is -0.257. The van der Waals surface area contributed by atoms with Crippen LogP contribution in [-0.2, 0) is 0 Å². The maximum atomic E-state index is 12.9. The molecule has 0 spiro atoms. The predicted octanol–water partition coefficient (Wildman–Crippen LogP) is 6.70. The van der Waals surface area contributed by atoms with Crippen LogP contribution in [0.1, 0.15) is 27.0 Å². The molecule has 1 heterocycles. The third-order valence-corrected chi connectivity index (χ3v) is 6.20. The number of rotatable bonds is 3. The third-order valence-electron chi connectivity index (χ3n) is 6.00. The Morgan fingerprint density at radius 2 is 1.65 bits per heavy atom. The van der Waals surface area contributed by atoms with Gasteiger partial charge < -0.3 is 9.73 Å². The zero-order valence-electron chi connectivity index (χ0n) is 19.1. The van der Waals surface area contributed by atoms with E-state index in [4.69, 9.17) is 16.6 Å². The number of nitrogens with one attached hydrogen (secondary N) is 2. The van der Waals surface area contributed by atoms with Gasteiger partial charge in [-0.25, -0.2) is 4.98 Å². The highest BCUT2D eigenvalue weighted by Gasteiger charge is 2.14. The summed E-state index contributed by atoms with van der Waals surface area (Å²) in [5, 5.41) is 8.06. The highest BCUT2D eigenvalue weighted by atomic mass is 32.1. The Morgan fingerprint density at radius 3 is 2.50 bits per heavy atom. The maximum Gasteiger partial charge on any atom is 0.258 e. The molecule has 0 radical (unpaired) electrons. The van der Waals surface area contributed by atoms with E-state index in [-0.39, 0.29) is 11.0 Å². The van der Waals surface area contributed by atoms with Crippen LogP contribution in [0.3, 0.4) is 0 Å². The molecule has 5 nitrogen and oxygen atoms in total. The van der Waals surface area contributed by atoms with Crippen molar-refractivity contribution in [2.75, 3.05) is 5.32 Å². The van der Waals surface area contributed by atoms with Crippen LogP contribution in [-0.4, -0.2) is 16.0 Å². The molecule has 5 rings (SSSR count). The molecule has 0 unspecified atom stereocenters. The molecule has 0 saturated heterocycles. The average molecular weight is 466 g/mol. The number of thiocarbonyl (C=S) groups is 1. The van der Waals surface area contributed by atoms with Gasteiger partial charge in [-0.05, 0) is 90.8 Å². The van der Waals surface area contributed by atoms with Crippen LogP contribution in [0.25, 0.3) is 33.3 Å². The van der Waals surface area contributed by atoms with Gasteiger partial charge in [0.05, 0.1) is 0 Å². The molecule has 0 saturated carbocycles. The van der Waals surface area contributed by atoms with Gasteiger partial charge in [0.15, 0.2) is 10.7 Å². The molecule has 0 bridgehead atoms. The van der Waals surface area contributed by atoms with E-state index in [0.29, 0.717) is 11.5 Å². The smallest absolute Gasteiger partial charge is 0.258 e. The van der Waals surface area contributed by atoms with E-state index in [2.05, 4.69) is 29.5 Å². The van der Waals surface area contributed by atoms with Crippen molar-refractivity contribution in [2.24, 2.45) is 0 Å². The SMILES string of the molecule is Cc1cc2nc(-c3ccc(C)c(NC(=S)NC(=O)c4cccc5ccccc45)c3)oc2cc1C. The quantitative estimate of drug-likeness (QED) is 0.290. The first-order valence-electron chi connectivity index (χ1n) is 11.0. The first kappa shape index (κ1) is 21.8. The van der Waals surface area contributed by atoms with Gasteiger partial charge in [-0.1, -0.05) is 42.5 Å². The Labute approximate surface area is 202 Å². The van der Waals surface area contributed by atoms with E-state index in [9.17, 15) is 4.79 Å². The number of anilines is 1. The van der Waals surface area contributed by atoms with E-state index in [1.54, 1.807) is 6.07 Å². The Morgan fingerprint density at radius 1 is 0.882 bits per heavy atom.